The fourth-order valence-corrected chi connectivity index (χ4v) is 2.84. The Balaban J connectivity index is 2.12. The maximum atomic E-state index is 11.6. The summed E-state index contributed by atoms with van der Waals surface area (Å²) >= 11 is 6.33. The summed E-state index contributed by atoms with van der Waals surface area (Å²) in [7, 11) is 0. The van der Waals surface area contributed by atoms with Crippen LogP contribution in [0.4, 0.5) is 0 Å². The summed E-state index contributed by atoms with van der Waals surface area (Å²) in [6, 6.07) is 5.51. The van der Waals surface area contributed by atoms with E-state index in [-0.39, 0.29) is 5.69 Å². The highest BCUT2D eigenvalue weighted by Crippen LogP contribution is 2.35. The van der Waals surface area contributed by atoms with Gasteiger partial charge in [0.2, 0.25) is 0 Å². The molecule has 3 heterocycles. The molecule has 0 fully saturated rings. The van der Waals surface area contributed by atoms with Crippen LogP contribution >= 0.6 is 11.6 Å². The van der Waals surface area contributed by atoms with Crippen molar-refractivity contribution in [1.82, 2.24) is 24.3 Å². The second-order valence-electron chi connectivity index (χ2n) is 4.65. The van der Waals surface area contributed by atoms with Crippen molar-refractivity contribution < 1.29 is 4.79 Å². The van der Waals surface area contributed by atoms with E-state index in [1.807, 2.05) is 12.1 Å². The second-order valence-corrected chi connectivity index (χ2v) is 5.06. The van der Waals surface area contributed by atoms with Crippen LogP contribution in [0.2, 0.25) is 5.02 Å². The maximum Gasteiger partial charge on any atom is 0.269 e. The van der Waals surface area contributed by atoms with E-state index < -0.39 is 5.91 Å². The highest BCUT2D eigenvalue weighted by molar-refractivity contribution is 6.33. The Hall–Kier alpha value is -2.67. The fourth-order valence-electron chi connectivity index (χ4n) is 2.59. The first-order valence-electron chi connectivity index (χ1n) is 6.20. The van der Waals surface area contributed by atoms with Gasteiger partial charge in [0, 0.05) is 0 Å². The molecule has 0 unspecified atom stereocenters. The average Bonchev–Trinajstić information content (AvgIpc) is 3.04. The Morgan fingerprint density at radius 3 is 3.00 bits per heavy atom. The summed E-state index contributed by atoms with van der Waals surface area (Å²) in [5, 5.41) is 4.75. The maximum absolute atomic E-state index is 11.6. The number of imidazole rings is 1. The van der Waals surface area contributed by atoms with E-state index in [2.05, 4.69) is 15.1 Å². The first-order chi connectivity index (χ1) is 10.2. The van der Waals surface area contributed by atoms with Crippen LogP contribution in [-0.4, -0.2) is 30.2 Å². The van der Waals surface area contributed by atoms with Gasteiger partial charge in [-0.05, 0) is 12.1 Å². The van der Waals surface area contributed by atoms with E-state index in [1.54, 1.807) is 21.6 Å². The quantitative estimate of drug-likeness (QED) is 0.572. The Morgan fingerprint density at radius 1 is 1.33 bits per heavy atom. The molecule has 2 N–H and O–H groups in total. The number of rotatable bonds is 1. The molecule has 0 saturated carbocycles. The topological polar surface area (TPSA) is 91.6 Å². The summed E-state index contributed by atoms with van der Waals surface area (Å²) in [6.07, 6.45) is 3.02. The summed E-state index contributed by atoms with van der Waals surface area (Å²) in [4.78, 5) is 19.9. The molecule has 0 radical (unpaired) electrons. The normalized spacial score (nSPS) is 12.2. The SMILES string of the molecule is NC(=O)c1ncn2c1Cn1ncnc1-c1c(Cl)cccc1-2. The van der Waals surface area contributed by atoms with Gasteiger partial charge < -0.3 is 5.73 Å². The van der Waals surface area contributed by atoms with Crippen LogP contribution in [0.25, 0.3) is 17.1 Å². The number of aromatic nitrogens is 5. The van der Waals surface area contributed by atoms with Gasteiger partial charge in [0.1, 0.15) is 12.7 Å². The van der Waals surface area contributed by atoms with Crippen LogP contribution in [0.3, 0.4) is 0 Å². The molecule has 0 spiro atoms. The lowest BCUT2D eigenvalue weighted by atomic mass is 10.1. The molecule has 1 aliphatic rings. The lowest BCUT2D eigenvalue weighted by Crippen LogP contribution is -2.16. The molecule has 0 saturated heterocycles. The van der Waals surface area contributed by atoms with Gasteiger partial charge >= 0.3 is 0 Å². The van der Waals surface area contributed by atoms with Gasteiger partial charge in [-0.15, -0.1) is 0 Å². The van der Waals surface area contributed by atoms with Gasteiger partial charge in [0.15, 0.2) is 11.5 Å². The van der Waals surface area contributed by atoms with E-state index in [0.29, 0.717) is 23.1 Å². The lowest BCUT2D eigenvalue weighted by Gasteiger charge is -2.09. The molecule has 21 heavy (non-hydrogen) atoms. The molecule has 104 valence electrons. The number of nitrogens with two attached hydrogens (primary N) is 1. The highest BCUT2D eigenvalue weighted by atomic mass is 35.5. The van der Waals surface area contributed by atoms with Gasteiger partial charge in [0.25, 0.3) is 5.91 Å². The molecule has 2 aromatic heterocycles. The average molecular weight is 301 g/mol. The number of nitrogens with zero attached hydrogens (tertiary/aromatic N) is 5. The minimum absolute atomic E-state index is 0.226. The minimum atomic E-state index is -0.573. The number of carbonyl (C=O) groups excluding carboxylic acids is 1. The molecule has 1 aromatic carbocycles. The Kier molecular flexibility index (Phi) is 2.40. The van der Waals surface area contributed by atoms with Crippen LogP contribution in [0.15, 0.2) is 30.9 Å². The smallest absolute Gasteiger partial charge is 0.269 e. The number of primary amides is 1. The number of amides is 1. The predicted molar refractivity (Wildman–Crippen MR) is 75.2 cm³/mol. The first-order valence-corrected chi connectivity index (χ1v) is 6.57. The highest BCUT2D eigenvalue weighted by Gasteiger charge is 2.26. The van der Waals surface area contributed by atoms with E-state index in [0.717, 1.165) is 11.3 Å². The van der Waals surface area contributed by atoms with Crippen molar-refractivity contribution in [3.05, 3.63) is 47.3 Å². The zero-order valence-corrected chi connectivity index (χ0v) is 11.4. The summed E-state index contributed by atoms with van der Waals surface area (Å²) in [5.41, 5.74) is 7.83. The number of benzene rings is 1. The third-order valence-electron chi connectivity index (χ3n) is 3.49. The van der Waals surface area contributed by atoms with Crippen molar-refractivity contribution in [2.45, 2.75) is 6.54 Å². The third kappa shape index (κ3) is 1.61. The largest absolute Gasteiger partial charge is 0.364 e. The van der Waals surface area contributed by atoms with Crippen LogP contribution in [-0.2, 0) is 6.54 Å². The summed E-state index contributed by atoms with van der Waals surface area (Å²) in [6.45, 7) is 0.346. The number of hydrogen-bond acceptors (Lipinski definition) is 4. The van der Waals surface area contributed by atoms with Crippen molar-refractivity contribution in [2.75, 3.05) is 0 Å². The molecule has 0 atom stereocenters. The molecule has 1 amide bonds. The number of fused-ring (bicyclic) bond motifs is 5. The number of hydrogen-bond donors (Lipinski definition) is 1. The van der Waals surface area contributed by atoms with Crippen LogP contribution in [0.1, 0.15) is 16.2 Å². The van der Waals surface area contributed by atoms with Gasteiger partial charge in [0.05, 0.1) is 28.5 Å². The van der Waals surface area contributed by atoms with E-state index in [1.165, 1.54) is 6.33 Å². The molecule has 0 bridgehead atoms. The van der Waals surface area contributed by atoms with Crippen LogP contribution in [0, 0.1) is 0 Å². The molecule has 8 heteroatoms. The Bertz CT molecular complexity index is 881. The molecule has 4 rings (SSSR count). The minimum Gasteiger partial charge on any atom is -0.364 e. The van der Waals surface area contributed by atoms with Gasteiger partial charge in [-0.1, -0.05) is 17.7 Å². The molecule has 1 aliphatic heterocycles. The number of halogens is 1. The van der Waals surface area contributed by atoms with Gasteiger partial charge in [-0.25, -0.2) is 14.6 Å². The fraction of sp³-hybridized carbons (Fsp3) is 0.0769. The van der Waals surface area contributed by atoms with Crippen molar-refractivity contribution in [1.29, 1.82) is 0 Å². The van der Waals surface area contributed by atoms with Crippen molar-refractivity contribution in [2.24, 2.45) is 5.73 Å². The van der Waals surface area contributed by atoms with Crippen molar-refractivity contribution >= 4 is 17.5 Å². The number of carbonyl (C=O) groups is 1. The van der Waals surface area contributed by atoms with Crippen molar-refractivity contribution in [3.8, 4) is 17.1 Å². The van der Waals surface area contributed by atoms with Crippen molar-refractivity contribution in [3.63, 3.8) is 0 Å². The van der Waals surface area contributed by atoms with Crippen LogP contribution in [0.5, 0.6) is 0 Å². The predicted octanol–water partition coefficient (Wildman–Crippen LogP) is 1.24. The lowest BCUT2D eigenvalue weighted by molar-refractivity contribution is 0.0995. The summed E-state index contributed by atoms with van der Waals surface area (Å²) < 4.78 is 3.48. The standard InChI is InChI=1S/C13H9ClN6O/c14-7-2-1-3-8-10(7)13-16-5-18-20(13)4-9-11(12(15)21)17-6-19(8)9/h1-3,5-6H,4H2,(H2,15,21). The molecule has 3 aromatic rings. The second kappa shape index (κ2) is 4.16. The van der Waals surface area contributed by atoms with E-state index in [4.69, 9.17) is 17.3 Å². The Morgan fingerprint density at radius 2 is 2.19 bits per heavy atom. The van der Waals surface area contributed by atoms with Gasteiger partial charge in [-0.3, -0.25) is 9.36 Å². The monoisotopic (exact) mass is 300 g/mol. The molecule has 7 nitrogen and oxygen atoms in total. The molecule has 0 aliphatic carbocycles. The molecular weight excluding hydrogens is 292 g/mol. The van der Waals surface area contributed by atoms with Crippen LogP contribution < -0.4 is 5.73 Å². The molecular formula is C13H9ClN6O. The summed E-state index contributed by atoms with van der Waals surface area (Å²) in [5.74, 6) is 0.0746. The van der Waals surface area contributed by atoms with E-state index >= 15 is 0 Å². The van der Waals surface area contributed by atoms with Gasteiger partial charge in [-0.2, -0.15) is 5.10 Å². The Labute approximate surface area is 124 Å². The zero-order valence-electron chi connectivity index (χ0n) is 10.7. The zero-order chi connectivity index (χ0) is 14.6. The third-order valence-corrected chi connectivity index (χ3v) is 3.80. The van der Waals surface area contributed by atoms with E-state index in [9.17, 15) is 4.79 Å². The first kappa shape index (κ1) is 12.1.